The fraction of sp³-hybridized carbons (Fsp3) is 0.269. The zero-order chi connectivity index (χ0) is 25.2. The van der Waals surface area contributed by atoms with Crippen molar-refractivity contribution in [2.24, 2.45) is 0 Å². The van der Waals surface area contributed by atoms with Crippen molar-refractivity contribution >= 4 is 27.5 Å². The average molecular weight is 493 g/mol. The Labute approximate surface area is 205 Å². The summed E-state index contributed by atoms with van der Waals surface area (Å²) in [6.07, 6.45) is 4.70. The number of hydrogen-bond donors (Lipinski definition) is 2. The van der Waals surface area contributed by atoms with Crippen LogP contribution in [0.3, 0.4) is 0 Å². The maximum atomic E-state index is 12.8. The predicted octanol–water partition coefficient (Wildman–Crippen LogP) is 3.59. The number of carbonyl (C=O) groups is 2. The minimum atomic E-state index is -3.38. The number of nitrogens with one attached hydrogen (secondary N) is 2. The van der Waals surface area contributed by atoms with Crippen LogP contribution in [0.4, 0.5) is 5.69 Å². The lowest BCUT2D eigenvalue weighted by Crippen LogP contribution is -2.28. The van der Waals surface area contributed by atoms with E-state index in [1.807, 2.05) is 32.2 Å². The smallest absolute Gasteiger partial charge is 0.253 e. The van der Waals surface area contributed by atoms with Crippen molar-refractivity contribution in [2.45, 2.75) is 32.4 Å². The molecule has 1 aromatic heterocycles. The van der Waals surface area contributed by atoms with Gasteiger partial charge in [-0.25, -0.2) is 8.42 Å². The molecule has 1 aliphatic carbocycles. The Balaban J connectivity index is 1.43. The molecular weight excluding hydrogens is 464 g/mol. The van der Waals surface area contributed by atoms with Gasteiger partial charge in [-0.15, -0.1) is 0 Å². The van der Waals surface area contributed by atoms with E-state index in [1.165, 1.54) is 6.20 Å². The number of sulfonamides is 1. The Morgan fingerprint density at radius 2 is 1.80 bits per heavy atom. The molecule has 0 unspecified atom stereocenters. The molecule has 0 aliphatic heterocycles. The number of aryl methyl sites for hydroxylation is 1. The fourth-order valence-corrected chi connectivity index (χ4v) is 4.35. The van der Waals surface area contributed by atoms with Crippen molar-refractivity contribution in [3.05, 3.63) is 83.0 Å². The predicted molar refractivity (Wildman–Crippen MR) is 136 cm³/mol. The highest BCUT2D eigenvalue weighted by Crippen LogP contribution is 2.28. The quantitative estimate of drug-likeness (QED) is 0.500. The number of amides is 2. The SMILES string of the molecule is Cc1ccc(C(=O)N(C)C2CC2)cc1-c1ccc(C(=O)NCc2cccc(NS(C)(=O)=O)c2)cn1. The van der Waals surface area contributed by atoms with Gasteiger partial charge in [0.1, 0.15) is 0 Å². The number of aromatic nitrogens is 1. The van der Waals surface area contributed by atoms with Gasteiger partial charge < -0.3 is 10.2 Å². The van der Waals surface area contributed by atoms with E-state index in [0.717, 1.165) is 35.8 Å². The summed E-state index contributed by atoms with van der Waals surface area (Å²) in [5.41, 5.74) is 4.73. The summed E-state index contributed by atoms with van der Waals surface area (Å²) < 4.78 is 25.3. The Morgan fingerprint density at radius 3 is 2.46 bits per heavy atom. The number of pyridine rings is 1. The molecule has 0 saturated heterocycles. The zero-order valence-electron chi connectivity index (χ0n) is 19.9. The molecule has 0 spiro atoms. The van der Waals surface area contributed by atoms with E-state index in [9.17, 15) is 18.0 Å². The third kappa shape index (κ3) is 6.24. The third-order valence-corrected chi connectivity index (χ3v) is 6.49. The Bertz CT molecular complexity index is 1370. The van der Waals surface area contributed by atoms with Gasteiger partial charge in [-0.3, -0.25) is 19.3 Å². The van der Waals surface area contributed by atoms with Gasteiger partial charge in [-0.1, -0.05) is 18.2 Å². The van der Waals surface area contributed by atoms with Crippen LogP contribution in [0.2, 0.25) is 0 Å². The molecule has 1 heterocycles. The molecule has 1 aliphatic rings. The zero-order valence-corrected chi connectivity index (χ0v) is 20.7. The maximum Gasteiger partial charge on any atom is 0.253 e. The van der Waals surface area contributed by atoms with E-state index in [1.54, 1.807) is 41.3 Å². The molecule has 3 aromatic rings. The van der Waals surface area contributed by atoms with Gasteiger partial charge in [-0.2, -0.15) is 0 Å². The molecule has 182 valence electrons. The first-order valence-corrected chi connectivity index (χ1v) is 13.2. The van der Waals surface area contributed by atoms with Gasteiger partial charge in [0.15, 0.2) is 0 Å². The summed E-state index contributed by atoms with van der Waals surface area (Å²) >= 11 is 0. The lowest BCUT2D eigenvalue weighted by Gasteiger charge is -2.17. The van der Waals surface area contributed by atoms with E-state index >= 15 is 0 Å². The molecule has 8 nitrogen and oxygen atoms in total. The largest absolute Gasteiger partial charge is 0.348 e. The number of rotatable bonds is 8. The van der Waals surface area contributed by atoms with Crippen molar-refractivity contribution in [1.82, 2.24) is 15.2 Å². The molecule has 0 bridgehead atoms. The summed E-state index contributed by atoms with van der Waals surface area (Å²) in [7, 11) is -1.54. The summed E-state index contributed by atoms with van der Waals surface area (Å²) in [5, 5.41) is 2.82. The molecule has 2 aromatic carbocycles. The summed E-state index contributed by atoms with van der Waals surface area (Å²) in [5.74, 6) is -0.294. The molecule has 4 rings (SSSR count). The second-order valence-electron chi connectivity index (χ2n) is 8.87. The van der Waals surface area contributed by atoms with E-state index in [4.69, 9.17) is 0 Å². The van der Waals surface area contributed by atoms with Crippen LogP contribution in [-0.4, -0.2) is 49.5 Å². The van der Waals surface area contributed by atoms with Gasteiger partial charge in [0, 0.05) is 42.6 Å². The van der Waals surface area contributed by atoms with Crippen LogP contribution in [0.1, 0.15) is 44.7 Å². The van der Waals surface area contributed by atoms with Crippen molar-refractivity contribution < 1.29 is 18.0 Å². The van der Waals surface area contributed by atoms with E-state index in [0.29, 0.717) is 28.6 Å². The number of nitrogens with zero attached hydrogens (tertiary/aromatic N) is 2. The van der Waals surface area contributed by atoms with Crippen LogP contribution in [0, 0.1) is 6.92 Å². The molecule has 9 heteroatoms. The van der Waals surface area contributed by atoms with Crippen molar-refractivity contribution in [2.75, 3.05) is 18.0 Å². The lowest BCUT2D eigenvalue weighted by atomic mass is 10.0. The normalized spacial score (nSPS) is 13.2. The molecule has 2 amide bonds. The lowest BCUT2D eigenvalue weighted by molar-refractivity contribution is 0.0784. The number of anilines is 1. The number of carbonyl (C=O) groups excluding carboxylic acids is 2. The second-order valence-corrected chi connectivity index (χ2v) is 10.6. The first-order valence-electron chi connectivity index (χ1n) is 11.3. The van der Waals surface area contributed by atoms with E-state index in [-0.39, 0.29) is 18.4 Å². The van der Waals surface area contributed by atoms with Crippen LogP contribution in [0.15, 0.2) is 60.8 Å². The van der Waals surface area contributed by atoms with Crippen LogP contribution >= 0.6 is 0 Å². The highest BCUT2D eigenvalue weighted by Gasteiger charge is 2.30. The van der Waals surface area contributed by atoms with Crippen LogP contribution in [-0.2, 0) is 16.6 Å². The van der Waals surface area contributed by atoms with Crippen LogP contribution in [0.5, 0.6) is 0 Å². The van der Waals surface area contributed by atoms with Crippen molar-refractivity contribution in [3.63, 3.8) is 0 Å². The summed E-state index contributed by atoms with van der Waals surface area (Å²) in [6.45, 7) is 2.20. The summed E-state index contributed by atoms with van der Waals surface area (Å²) in [4.78, 5) is 31.6. The molecular formula is C26H28N4O4S. The van der Waals surface area contributed by atoms with Gasteiger partial charge in [0.25, 0.3) is 11.8 Å². The Hall–Kier alpha value is -3.72. The van der Waals surface area contributed by atoms with Gasteiger partial charge in [0.2, 0.25) is 10.0 Å². The number of benzene rings is 2. The third-order valence-electron chi connectivity index (χ3n) is 5.88. The molecule has 1 fully saturated rings. The fourth-order valence-electron chi connectivity index (χ4n) is 3.79. The highest BCUT2D eigenvalue weighted by molar-refractivity contribution is 7.92. The topological polar surface area (TPSA) is 108 Å². The average Bonchev–Trinajstić information content (AvgIpc) is 3.67. The molecule has 0 radical (unpaired) electrons. The molecule has 0 atom stereocenters. The maximum absolute atomic E-state index is 12.8. The Morgan fingerprint density at radius 1 is 1.06 bits per heavy atom. The highest BCUT2D eigenvalue weighted by atomic mass is 32.2. The standard InChI is InChI=1S/C26H28N4O4S/c1-17-7-8-19(26(32)30(2)22-10-11-22)14-23(17)24-12-9-20(16-27-24)25(31)28-15-18-5-4-6-21(13-18)29-35(3,33)34/h4-9,12-14,16,22,29H,10-11,15H2,1-3H3,(H,28,31). The summed E-state index contributed by atoms with van der Waals surface area (Å²) in [6, 6.07) is 16.2. The van der Waals surface area contributed by atoms with Gasteiger partial charge in [0.05, 0.1) is 17.5 Å². The minimum absolute atomic E-state index is 0.000512. The first kappa shape index (κ1) is 24.4. The molecule has 35 heavy (non-hydrogen) atoms. The van der Waals surface area contributed by atoms with E-state index in [2.05, 4.69) is 15.0 Å². The van der Waals surface area contributed by atoms with Crippen LogP contribution in [0.25, 0.3) is 11.3 Å². The molecule has 2 N–H and O–H groups in total. The second kappa shape index (κ2) is 9.87. The monoisotopic (exact) mass is 492 g/mol. The van der Waals surface area contributed by atoms with Crippen molar-refractivity contribution in [3.8, 4) is 11.3 Å². The van der Waals surface area contributed by atoms with Crippen LogP contribution < -0.4 is 10.0 Å². The number of hydrogen-bond acceptors (Lipinski definition) is 5. The van der Waals surface area contributed by atoms with Crippen molar-refractivity contribution in [1.29, 1.82) is 0 Å². The van der Waals surface area contributed by atoms with Gasteiger partial charge >= 0.3 is 0 Å². The molecule has 1 saturated carbocycles. The van der Waals surface area contributed by atoms with Gasteiger partial charge in [-0.05, 0) is 67.3 Å². The first-order chi connectivity index (χ1) is 16.6. The minimum Gasteiger partial charge on any atom is -0.348 e. The van der Waals surface area contributed by atoms with E-state index < -0.39 is 10.0 Å². The Kier molecular flexibility index (Phi) is 6.88.